The number of anilines is 1. The largest absolute Gasteiger partial charge is 0.323 e. The zero-order chi connectivity index (χ0) is 23.3. The number of rotatable bonds is 4. The van der Waals surface area contributed by atoms with Crippen LogP contribution in [0.4, 0.5) is 18.9 Å². The maximum Gasteiger partial charge on any atom is 0.265 e. The molecular formula is C21H13ClF3N5O2S. The Labute approximate surface area is 193 Å². The molecule has 2 aromatic carbocycles. The highest BCUT2D eigenvalue weighted by Gasteiger charge is 2.30. The van der Waals surface area contributed by atoms with Crippen LogP contribution in [0.2, 0.25) is 5.02 Å². The summed E-state index contributed by atoms with van der Waals surface area (Å²) in [5.41, 5.74) is 0.209. The molecule has 12 heteroatoms. The molecule has 4 aromatic rings. The summed E-state index contributed by atoms with van der Waals surface area (Å²) in [6, 6.07) is 8.00. The molecule has 0 aliphatic carbocycles. The predicted octanol–water partition coefficient (Wildman–Crippen LogP) is 4.33. The Balaban J connectivity index is 1.43. The van der Waals surface area contributed by atoms with Crippen molar-refractivity contribution in [2.24, 2.45) is 0 Å². The molecule has 0 radical (unpaired) electrons. The molecule has 0 bridgehead atoms. The standard InChI is InChI=1S/C21H13ClF3N5O2S/c22-10-1-3-11(4-2-10)30-19-13(8-26-30)20(32)29-12(9-33-21(29)28-19)7-16(31)27-15-6-5-14(23)17(24)18(15)25/h1-6,8,12H,7,9H2,(H,27,31). The van der Waals surface area contributed by atoms with Gasteiger partial charge in [0.2, 0.25) is 5.91 Å². The van der Waals surface area contributed by atoms with E-state index in [0.717, 1.165) is 12.1 Å². The minimum atomic E-state index is -1.67. The lowest BCUT2D eigenvalue weighted by atomic mass is 10.2. The van der Waals surface area contributed by atoms with Crippen LogP contribution >= 0.6 is 23.4 Å². The third-order valence-electron chi connectivity index (χ3n) is 5.17. The van der Waals surface area contributed by atoms with Gasteiger partial charge in [0.15, 0.2) is 28.3 Å². The number of hydrogen-bond acceptors (Lipinski definition) is 5. The summed E-state index contributed by atoms with van der Waals surface area (Å²) in [6.07, 6.45) is 1.22. The summed E-state index contributed by atoms with van der Waals surface area (Å²) in [5, 5.41) is 7.74. The van der Waals surface area contributed by atoms with Crippen LogP contribution in [0.25, 0.3) is 16.7 Å². The van der Waals surface area contributed by atoms with Crippen LogP contribution in [0.3, 0.4) is 0 Å². The van der Waals surface area contributed by atoms with Crippen molar-refractivity contribution in [1.29, 1.82) is 0 Å². The molecule has 1 aliphatic rings. The van der Waals surface area contributed by atoms with E-state index >= 15 is 0 Å². The lowest BCUT2D eigenvalue weighted by Gasteiger charge is -2.14. The molecule has 1 atom stereocenters. The molecule has 2 aromatic heterocycles. The number of amides is 1. The average Bonchev–Trinajstić information content (AvgIpc) is 3.40. The van der Waals surface area contributed by atoms with E-state index in [1.165, 1.54) is 27.2 Å². The van der Waals surface area contributed by atoms with Gasteiger partial charge in [0.1, 0.15) is 5.39 Å². The summed E-state index contributed by atoms with van der Waals surface area (Å²) in [5.74, 6) is -4.78. The highest BCUT2D eigenvalue weighted by molar-refractivity contribution is 7.99. The molecular weight excluding hydrogens is 479 g/mol. The minimum Gasteiger partial charge on any atom is -0.323 e. The van der Waals surface area contributed by atoms with Crippen LogP contribution in [0, 0.1) is 17.5 Å². The van der Waals surface area contributed by atoms with Gasteiger partial charge >= 0.3 is 0 Å². The van der Waals surface area contributed by atoms with Crippen molar-refractivity contribution in [3.63, 3.8) is 0 Å². The Morgan fingerprint density at radius 1 is 1.15 bits per heavy atom. The van der Waals surface area contributed by atoms with Crippen LogP contribution in [0.15, 0.2) is 52.5 Å². The van der Waals surface area contributed by atoms with Crippen LogP contribution in [-0.2, 0) is 4.79 Å². The van der Waals surface area contributed by atoms with Gasteiger partial charge in [0.05, 0.1) is 23.6 Å². The molecule has 168 valence electrons. The smallest absolute Gasteiger partial charge is 0.265 e. The Bertz CT molecular complexity index is 1470. The maximum absolute atomic E-state index is 13.9. The molecule has 7 nitrogen and oxygen atoms in total. The quantitative estimate of drug-likeness (QED) is 0.339. The number of aromatic nitrogens is 4. The van der Waals surface area contributed by atoms with E-state index in [1.54, 1.807) is 24.3 Å². The van der Waals surface area contributed by atoms with Gasteiger partial charge in [-0.15, -0.1) is 0 Å². The maximum atomic E-state index is 13.9. The van der Waals surface area contributed by atoms with Crippen LogP contribution in [0.5, 0.6) is 0 Å². The molecule has 0 fully saturated rings. The molecule has 0 saturated carbocycles. The number of thioether (sulfide) groups is 1. The second-order valence-corrected chi connectivity index (χ2v) is 8.70. The summed E-state index contributed by atoms with van der Waals surface area (Å²) >= 11 is 7.23. The van der Waals surface area contributed by atoms with Gasteiger partial charge in [-0.1, -0.05) is 23.4 Å². The Hall–Kier alpha value is -3.31. The Kier molecular flexibility index (Phi) is 5.37. The second-order valence-electron chi connectivity index (χ2n) is 7.28. The molecule has 33 heavy (non-hydrogen) atoms. The van der Waals surface area contributed by atoms with Crippen molar-refractivity contribution in [2.75, 3.05) is 11.1 Å². The molecule has 1 N–H and O–H groups in total. The molecule has 3 heterocycles. The summed E-state index contributed by atoms with van der Waals surface area (Å²) < 4.78 is 43.3. The fraction of sp³-hybridized carbons (Fsp3) is 0.143. The molecule has 1 aliphatic heterocycles. The number of nitrogens with zero attached hydrogens (tertiary/aromatic N) is 4. The van der Waals surface area contributed by atoms with Gasteiger partial charge < -0.3 is 5.32 Å². The molecule has 0 saturated heterocycles. The van der Waals surface area contributed by atoms with Crippen LogP contribution in [0.1, 0.15) is 12.5 Å². The fourth-order valence-corrected chi connectivity index (χ4v) is 4.85. The first-order chi connectivity index (χ1) is 15.8. The van der Waals surface area contributed by atoms with Crippen molar-refractivity contribution in [3.8, 4) is 5.69 Å². The monoisotopic (exact) mass is 491 g/mol. The Morgan fingerprint density at radius 2 is 1.91 bits per heavy atom. The topological polar surface area (TPSA) is 81.8 Å². The van der Waals surface area contributed by atoms with Crippen molar-refractivity contribution in [3.05, 3.63) is 75.4 Å². The van der Waals surface area contributed by atoms with Crippen LogP contribution in [-0.4, -0.2) is 31.0 Å². The van der Waals surface area contributed by atoms with E-state index in [0.29, 0.717) is 27.3 Å². The van der Waals surface area contributed by atoms with Crippen molar-refractivity contribution >= 4 is 46.0 Å². The van der Waals surface area contributed by atoms with E-state index in [-0.39, 0.29) is 17.4 Å². The van der Waals surface area contributed by atoms with E-state index in [4.69, 9.17) is 11.6 Å². The van der Waals surface area contributed by atoms with Crippen molar-refractivity contribution < 1.29 is 18.0 Å². The average molecular weight is 492 g/mol. The SMILES string of the molecule is O=C(CC1CSc2nc3c(cnn3-c3ccc(Cl)cc3)c(=O)n21)Nc1ccc(F)c(F)c1F. The fourth-order valence-electron chi connectivity index (χ4n) is 3.59. The zero-order valence-electron chi connectivity index (χ0n) is 16.6. The summed E-state index contributed by atoms with van der Waals surface area (Å²) in [4.78, 5) is 30.2. The van der Waals surface area contributed by atoms with Gasteiger partial charge in [-0.05, 0) is 36.4 Å². The minimum absolute atomic E-state index is 0.184. The van der Waals surface area contributed by atoms with Gasteiger partial charge in [-0.25, -0.2) is 22.8 Å². The van der Waals surface area contributed by atoms with Crippen molar-refractivity contribution in [2.45, 2.75) is 17.6 Å². The van der Waals surface area contributed by atoms with Gasteiger partial charge in [-0.2, -0.15) is 5.10 Å². The lowest BCUT2D eigenvalue weighted by molar-refractivity contribution is -0.116. The van der Waals surface area contributed by atoms with Gasteiger partial charge in [0.25, 0.3) is 5.56 Å². The first-order valence-corrected chi connectivity index (χ1v) is 11.0. The van der Waals surface area contributed by atoms with Crippen LogP contribution < -0.4 is 10.9 Å². The Morgan fingerprint density at radius 3 is 2.67 bits per heavy atom. The summed E-state index contributed by atoms with van der Waals surface area (Å²) in [7, 11) is 0. The van der Waals surface area contributed by atoms with Crippen molar-refractivity contribution in [1.82, 2.24) is 19.3 Å². The number of carbonyl (C=O) groups is 1. The van der Waals surface area contributed by atoms with E-state index in [1.807, 2.05) is 0 Å². The number of nitrogens with one attached hydrogen (secondary N) is 1. The number of benzene rings is 2. The van der Waals surface area contributed by atoms with E-state index < -0.39 is 35.1 Å². The number of carbonyl (C=O) groups excluding carboxylic acids is 1. The molecule has 1 unspecified atom stereocenters. The molecule has 5 rings (SSSR count). The first-order valence-electron chi connectivity index (χ1n) is 9.66. The number of halogens is 4. The van der Waals surface area contributed by atoms with E-state index in [2.05, 4.69) is 15.4 Å². The zero-order valence-corrected chi connectivity index (χ0v) is 18.1. The molecule has 1 amide bonds. The highest BCUT2D eigenvalue weighted by Crippen LogP contribution is 2.34. The molecule has 0 spiro atoms. The second kappa shape index (κ2) is 8.23. The van der Waals surface area contributed by atoms with Gasteiger partial charge in [0, 0.05) is 17.2 Å². The third kappa shape index (κ3) is 3.76. The number of fused-ring (bicyclic) bond motifs is 2. The number of hydrogen-bond donors (Lipinski definition) is 1. The van der Waals surface area contributed by atoms with E-state index in [9.17, 15) is 22.8 Å². The normalized spacial score (nSPS) is 15.1. The third-order valence-corrected chi connectivity index (χ3v) is 6.52. The lowest BCUT2D eigenvalue weighted by Crippen LogP contribution is -2.28. The summed E-state index contributed by atoms with van der Waals surface area (Å²) in [6.45, 7) is 0. The first kappa shape index (κ1) is 21.5. The van der Waals surface area contributed by atoms with Gasteiger partial charge in [-0.3, -0.25) is 14.2 Å². The highest BCUT2D eigenvalue weighted by atomic mass is 35.5. The predicted molar refractivity (Wildman–Crippen MR) is 117 cm³/mol.